The highest BCUT2D eigenvalue weighted by atomic mass is 35.5. The van der Waals surface area contributed by atoms with Crippen LogP contribution in [0.3, 0.4) is 0 Å². The largest absolute Gasteiger partial charge is 0.399 e. The summed E-state index contributed by atoms with van der Waals surface area (Å²) in [5, 5.41) is 5.38. The van der Waals surface area contributed by atoms with Crippen LogP contribution in [-0.4, -0.2) is 11.8 Å². The molecule has 0 saturated carbocycles. The number of anilines is 3. The molecule has 0 aliphatic heterocycles. The van der Waals surface area contributed by atoms with Crippen LogP contribution in [-0.2, 0) is 9.59 Å². The first-order chi connectivity index (χ1) is 10.4. The van der Waals surface area contributed by atoms with Crippen molar-refractivity contribution in [1.29, 1.82) is 0 Å². The molecule has 22 heavy (non-hydrogen) atoms. The summed E-state index contributed by atoms with van der Waals surface area (Å²) in [6, 6.07) is 9.19. The second kappa shape index (κ2) is 6.87. The summed E-state index contributed by atoms with van der Waals surface area (Å²) in [6.07, 6.45) is 0. The summed E-state index contributed by atoms with van der Waals surface area (Å²) < 4.78 is 0. The lowest BCUT2D eigenvalue weighted by Gasteiger charge is -2.09. The number of carbonyl (C=O) groups is 2. The van der Waals surface area contributed by atoms with E-state index in [9.17, 15) is 9.59 Å². The molecule has 0 aliphatic carbocycles. The standard InChI is InChI=1S/C14H10Cl3N3O2/c15-8-2-1-3-11(12(8)17)20-14(22)13(21)19-10-5-4-7(18)6-9(10)16/h1-6H,18H2,(H,19,21)(H,20,22). The van der Waals surface area contributed by atoms with E-state index in [1.807, 2.05) is 0 Å². The van der Waals surface area contributed by atoms with E-state index in [0.29, 0.717) is 5.69 Å². The van der Waals surface area contributed by atoms with Gasteiger partial charge in [-0.05, 0) is 30.3 Å². The molecule has 8 heteroatoms. The first-order valence-electron chi connectivity index (χ1n) is 6.00. The van der Waals surface area contributed by atoms with Crippen LogP contribution in [0.4, 0.5) is 17.1 Å². The number of rotatable bonds is 2. The lowest BCUT2D eigenvalue weighted by Crippen LogP contribution is -2.29. The highest BCUT2D eigenvalue weighted by Crippen LogP contribution is 2.29. The monoisotopic (exact) mass is 357 g/mol. The molecular weight excluding hydrogens is 349 g/mol. The molecule has 0 fully saturated rings. The Hall–Kier alpha value is -1.95. The fourth-order valence-corrected chi connectivity index (χ4v) is 2.18. The number of nitrogens with two attached hydrogens (primary N) is 1. The molecule has 2 aromatic rings. The van der Waals surface area contributed by atoms with E-state index in [-0.39, 0.29) is 26.4 Å². The highest BCUT2D eigenvalue weighted by molar-refractivity contribution is 6.47. The van der Waals surface area contributed by atoms with E-state index in [1.165, 1.54) is 18.2 Å². The van der Waals surface area contributed by atoms with Crippen LogP contribution in [0.1, 0.15) is 0 Å². The molecular formula is C14H10Cl3N3O2. The van der Waals surface area contributed by atoms with Crippen LogP contribution in [0, 0.1) is 0 Å². The van der Waals surface area contributed by atoms with Crippen molar-refractivity contribution in [1.82, 2.24) is 0 Å². The zero-order valence-electron chi connectivity index (χ0n) is 11.0. The van der Waals surface area contributed by atoms with E-state index in [4.69, 9.17) is 40.5 Å². The Labute approximate surface area is 141 Å². The first-order valence-corrected chi connectivity index (χ1v) is 7.13. The van der Waals surface area contributed by atoms with Crippen LogP contribution in [0.15, 0.2) is 36.4 Å². The molecule has 0 spiro atoms. The summed E-state index contributed by atoms with van der Waals surface area (Å²) in [5.74, 6) is -1.81. The molecule has 0 radical (unpaired) electrons. The quantitative estimate of drug-likeness (QED) is 0.564. The average Bonchev–Trinajstić information content (AvgIpc) is 2.46. The maximum Gasteiger partial charge on any atom is 0.314 e. The first kappa shape index (κ1) is 16.4. The summed E-state index contributed by atoms with van der Waals surface area (Å²) in [5.41, 5.74) is 6.50. The van der Waals surface area contributed by atoms with Gasteiger partial charge in [-0.2, -0.15) is 0 Å². The van der Waals surface area contributed by atoms with Gasteiger partial charge >= 0.3 is 11.8 Å². The molecule has 0 unspecified atom stereocenters. The summed E-state index contributed by atoms with van der Waals surface area (Å²) in [7, 11) is 0. The van der Waals surface area contributed by atoms with Crippen molar-refractivity contribution in [3.63, 3.8) is 0 Å². The minimum atomic E-state index is -0.906. The Kier molecular flexibility index (Phi) is 5.13. The molecule has 5 nitrogen and oxygen atoms in total. The van der Waals surface area contributed by atoms with Gasteiger partial charge in [-0.3, -0.25) is 9.59 Å². The second-order valence-electron chi connectivity index (χ2n) is 4.25. The number of nitrogen functional groups attached to an aromatic ring is 1. The topological polar surface area (TPSA) is 84.2 Å². The zero-order chi connectivity index (χ0) is 16.3. The van der Waals surface area contributed by atoms with E-state index >= 15 is 0 Å². The Balaban J connectivity index is 2.09. The number of carbonyl (C=O) groups excluding carboxylic acids is 2. The molecule has 4 N–H and O–H groups in total. The van der Waals surface area contributed by atoms with Gasteiger partial charge in [0.25, 0.3) is 0 Å². The van der Waals surface area contributed by atoms with Crippen molar-refractivity contribution < 1.29 is 9.59 Å². The predicted molar refractivity (Wildman–Crippen MR) is 89.6 cm³/mol. The maximum absolute atomic E-state index is 11.9. The van der Waals surface area contributed by atoms with Crippen LogP contribution in [0.25, 0.3) is 0 Å². The number of benzene rings is 2. The van der Waals surface area contributed by atoms with Crippen molar-refractivity contribution >= 4 is 63.7 Å². The summed E-state index contributed by atoms with van der Waals surface area (Å²) >= 11 is 17.7. The van der Waals surface area contributed by atoms with Gasteiger partial charge in [-0.15, -0.1) is 0 Å². The molecule has 2 amide bonds. The van der Waals surface area contributed by atoms with Gasteiger partial charge < -0.3 is 16.4 Å². The van der Waals surface area contributed by atoms with Crippen molar-refractivity contribution in [2.75, 3.05) is 16.4 Å². The van der Waals surface area contributed by atoms with Crippen molar-refractivity contribution in [2.24, 2.45) is 0 Å². The van der Waals surface area contributed by atoms with Gasteiger partial charge in [-0.1, -0.05) is 40.9 Å². The van der Waals surface area contributed by atoms with Crippen LogP contribution in [0.2, 0.25) is 15.1 Å². The zero-order valence-corrected chi connectivity index (χ0v) is 13.3. The van der Waals surface area contributed by atoms with Crippen LogP contribution in [0.5, 0.6) is 0 Å². The minimum Gasteiger partial charge on any atom is -0.399 e. The fourth-order valence-electron chi connectivity index (χ4n) is 1.59. The summed E-state index contributed by atoms with van der Waals surface area (Å²) in [4.78, 5) is 23.7. The van der Waals surface area contributed by atoms with E-state index in [1.54, 1.807) is 18.2 Å². The van der Waals surface area contributed by atoms with Gasteiger partial charge in [0.2, 0.25) is 0 Å². The van der Waals surface area contributed by atoms with Gasteiger partial charge in [0.05, 0.1) is 26.4 Å². The van der Waals surface area contributed by atoms with Crippen molar-refractivity contribution in [3.05, 3.63) is 51.5 Å². The minimum absolute atomic E-state index is 0.149. The molecule has 0 bridgehead atoms. The van der Waals surface area contributed by atoms with Gasteiger partial charge in [0, 0.05) is 5.69 Å². The molecule has 0 heterocycles. The Morgan fingerprint density at radius 1 is 0.864 bits per heavy atom. The molecule has 2 aromatic carbocycles. The smallest absolute Gasteiger partial charge is 0.314 e. The SMILES string of the molecule is Nc1ccc(NC(=O)C(=O)Nc2cccc(Cl)c2Cl)c(Cl)c1. The van der Waals surface area contributed by atoms with E-state index in [2.05, 4.69) is 10.6 Å². The van der Waals surface area contributed by atoms with Gasteiger partial charge in [0.15, 0.2) is 0 Å². The fraction of sp³-hybridized carbons (Fsp3) is 0. The molecule has 2 rings (SSSR count). The van der Waals surface area contributed by atoms with Crippen molar-refractivity contribution in [3.8, 4) is 0 Å². The van der Waals surface area contributed by atoms with Gasteiger partial charge in [-0.25, -0.2) is 0 Å². The Morgan fingerprint density at radius 3 is 2.14 bits per heavy atom. The van der Waals surface area contributed by atoms with Gasteiger partial charge in [0.1, 0.15) is 0 Å². The summed E-state index contributed by atoms with van der Waals surface area (Å²) in [6.45, 7) is 0. The predicted octanol–water partition coefficient (Wildman–Crippen LogP) is 3.81. The second-order valence-corrected chi connectivity index (χ2v) is 5.44. The van der Waals surface area contributed by atoms with Crippen LogP contribution >= 0.6 is 34.8 Å². The Bertz CT molecular complexity index is 750. The highest BCUT2D eigenvalue weighted by Gasteiger charge is 2.17. The number of hydrogen-bond donors (Lipinski definition) is 3. The molecule has 0 atom stereocenters. The van der Waals surface area contributed by atoms with E-state index in [0.717, 1.165) is 0 Å². The lowest BCUT2D eigenvalue weighted by atomic mass is 10.2. The normalized spacial score (nSPS) is 10.1. The Morgan fingerprint density at radius 2 is 1.50 bits per heavy atom. The third kappa shape index (κ3) is 3.82. The molecule has 114 valence electrons. The number of amides is 2. The number of halogens is 3. The molecule has 0 aliphatic rings. The van der Waals surface area contributed by atoms with Crippen LogP contribution < -0.4 is 16.4 Å². The average molecular weight is 359 g/mol. The lowest BCUT2D eigenvalue weighted by molar-refractivity contribution is -0.132. The number of nitrogens with one attached hydrogen (secondary N) is 2. The van der Waals surface area contributed by atoms with E-state index < -0.39 is 11.8 Å². The maximum atomic E-state index is 11.9. The molecule has 0 aromatic heterocycles. The third-order valence-electron chi connectivity index (χ3n) is 2.65. The molecule has 0 saturated heterocycles. The third-order valence-corrected chi connectivity index (χ3v) is 3.78. The number of hydrogen-bond acceptors (Lipinski definition) is 3. The van der Waals surface area contributed by atoms with Crippen molar-refractivity contribution in [2.45, 2.75) is 0 Å².